The zero-order valence-corrected chi connectivity index (χ0v) is 15.1. The first-order valence-electron chi connectivity index (χ1n) is 7.44. The molecule has 0 bridgehead atoms. The number of hydrogen-bond donors (Lipinski definition) is 3. The maximum atomic E-state index is 12.4. The Morgan fingerprint density at radius 3 is 2.50 bits per heavy atom. The van der Waals surface area contributed by atoms with Crippen molar-refractivity contribution >= 4 is 22.0 Å². The number of aromatic nitrogens is 2. The fraction of sp³-hybridized carbons (Fsp3) is 0.357. The van der Waals surface area contributed by atoms with E-state index in [0.717, 1.165) is 12.5 Å². The second-order valence-electron chi connectivity index (χ2n) is 4.86. The van der Waals surface area contributed by atoms with Crippen LogP contribution in [0.1, 0.15) is 6.42 Å². The summed E-state index contributed by atoms with van der Waals surface area (Å²) in [5.74, 6) is 0.0898. The Labute approximate surface area is 150 Å². The van der Waals surface area contributed by atoms with Gasteiger partial charge in [0.25, 0.3) is 10.0 Å². The molecule has 142 valence electrons. The molecule has 1 fully saturated rings. The standard InChI is InChI=1S/C14H19N5O6S/c1-4-9(12-15-6-5-7-25-12)26(21,22)19-14(20)18-13-16-10(23-2)8-11(17-13)24-3/h4,8,15H,1,5-7H2,2-3H3,(H2,16,17,18,19,20)/b12-9-. The van der Waals surface area contributed by atoms with Gasteiger partial charge in [0, 0.05) is 6.54 Å². The van der Waals surface area contributed by atoms with Crippen molar-refractivity contribution in [2.24, 2.45) is 0 Å². The van der Waals surface area contributed by atoms with Gasteiger partial charge in [0.2, 0.25) is 23.6 Å². The number of allylic oxidation sites excluding steroid dienone is 1. The molecule has 1 aromatic heterocycles. The van der Waals surface area contributed by atoms with Crippen molar-refractivity contribution in [1.29, 1.82) is 0 Å². The van der Waals surface area contributed by atoms with Gasteiger partial charge in [-0.2, -0.15) is 9.97 Å². The van der Waals surface area contributed by atoms with Gasteiger partial charge in [-0.3, -0.25) is 5.32 Å². The minimum Gasteiger partial charge on any atom is -0.481 e. The predicted octanol–water partition coefficient (Wildman–Crippen LogP) is 0.310. The highest BCUT2D eigenvalue weighted by Gasteiger charge is 2.25. The van der Waals surface area contributed by atoms with Crippen molar-refractivity contribution in [3.05, 3.63) is 29.5 Å². The van der Waals surface area contributed by atoms with E-state index in [1.807, 2.05) is 4.72 Å². The summed E-state index contributed by atoms with van der Waals surface area (Å²) in [4.78, 5) is 19.5. The molecule has 3 N–H and O–H groups in total. The van der Waals surface area contributed by atoms with Gasteiger partial charge in [0.05, 0.1) is 26.9 Å². The van der Waals surface area contributed by atoms with Gasteiger partial charge in [-0.1, -0.05) is 6.58 Å². The van der Waals surface area contributed by atoms with Crippen LogP contribution in [0.25, 0.3) is 0 Å². The Morgan fingerprint density at radius 2 is 2.00 bits per heavy atom. The molecule has 2 amide bonds. The largest absolute Gasteiger partial charge is 0.481 e. The fourth-order valence-corrected chi connectivity index (χ4v) is 2.95. The summed E-state index contributed by atoms with van der Waals surface area (Å²) in [7, 11) is -1.49. The molecule has 11 nitrogen and oxygen atoms in total. The summed E-state index contributed by atoms with van der Waals surface area (Å²) in [5.41, 5.74) is 0. The van der Waals surface area contributed by atoms with Gasteiger partial charge in [0.15, 0.2) is 0 Å². The number of methoxy groups -OCH3 is 2. The average Bonchev–Trinajstić information content (AvgIpc) is 2.61. The number of urea groups is 1. The molecule has 1 aliphatic rings. The van der Waals surface area contributed by atoms with Crippen molar-refractivity contribution in [3.63, 3.8) is 0 Å². The minimum absolute atomic E-state index is 0.0332. The summed E-state index contributed by atoms with van der Waals surface area (Å²) in [5, 5.41) is 5.01. The SMILES string of the molecule is C=C/C(=C1\NCCCO1)S(=O)(=O)NC(=O)Nc1nc(OC)cc(OC)n1. The van der Waals surface area contributed by atoms with Crippen LogP contribution in [0.4, 0.5) is 10.7 Å². The third-order valence-corrected chi connectivity index (χ3v) is 4.49. The van der Waals surface area contributed by atoms with Crippen LogP contribution in [-0.4, -0.2) is 51.8 Å². The van der Waals surface area contributed by atoms with E-state index in [-0.39, 0.29) is 28.5 Å². The van der Waals surface area contributed by atoms with E-state index in [2.05, 4.69) is 27.2 Å². The molecular formula is C14H19N5O6S. The zero-order chi connectivity index (χ0) is 19.2. The number of nitrogens with zero attached hydrogens (tertiary/aromatic N) is 2. The summed E-state index contributed by atoms with van der Waals surface area (Å²) in [6.07, 6.45) is 1.81. The van der Waals surface area contributed by atoms with Crippen molar-refractivity contribution in [2.75, 3.05) is 32.7 Å². The van der Waals surface area contributed by atoms with Crippen LogP contribution in [-0.2, 0) is 14.8 Å². The molecule has 0 saturated carbocycles. The van der Waals surface area contributed by atoms with Gasteiger partial charge in [-0.25, -0.2) is 17.9 Å². The number of hydrogen-bond acceptors (Lipinski definition) is 9. The van der Waals surface area contributed by atoms with Crippen molar-refractivity contribution in [1.82, 2.24) is 20.0 Å². The molecule has 2 rings (SSSR count). The lowest BCUT2D eigenvalue weighted by atomic mass is 10.4. The summed E-state index contributed by atoms with van der Waals surface area (Å²) < 4.78 is 41.8. The number of amides is 2. The van der Waals surface area contributed by atoms with Crippen molar-refractivity contribution in [2.45, 2.75) is 6.42 Å². The second kappa shape index (κ2) is 8.38. The molecular weight excluding hydrogens is 366 g/mol. The van der Waals surface area contributed by atoms with E-state index < -0.39 is 16.1 Å². The Kier molecular flexibility index (Phi) is 6.22. The Balaban J connectivity index is 2.16. The van der Waals surface area contributed by atoms with Crippen LogP contribution in [0, 0.1) is 0 Å². The quantitative estimate of drug-likeness (QED) is 0.631. The number of ether oxygens (including phenoxy) is 3. The molecule has 26 heavy (non-hydrogen) atoms. The summed E-state index contributed by atoms with van der Waals surface area (Å²) >= 11 is 0. The van der Waals surface area contributed by atoms with Gasteiger partial charge in [-0.15, -0.1) is 0 Å². The number of rotatable bonds is 6. The van der Waals surface area contributed by atoms with Crippen LogP contribution in [0.5, 0.6) is 11.8 Å². The molecule has 0 aliphatic carbocycles. The van der Waals surface area contributed by atoms with Crippen LogP contribution in [0.2, 0.25) is 0 Å². The smallest absolute Gasteiger partial charge is 0.335 e. The lowest BCUT2D eigenvalue weighted by Crippen LogP contribution is -2.37. The molecule has 0 spiro atoms. The normalized spacial score (nSPS) is 15.8. The van der Waals surface area contributed by atoms with E-state index in [9.17, 15) is 13.2 Å². The Hall–Kier alpha value is -3.02. The fourth-order valence-electron chi connectivity index (χ4n) is 1.96. The Morgan fingerprint density at radius 1 is 1.35 bits per heavy atom. The van der Waals surface area contributed by atoms with E-state index in [4.69, 9.17) is 14.2 Å². The van der Waals surface area contributed by atoms with E-state index in [1.54, 1.807) is 0 Å². The highest BCUT2D eigenvalue weighted by molar-refractivity contribution is 7.94. The van der Waals surface area contributed by atoms with E-state index in [1.165, 1.54) is 20.3 Å². The molecule has 0 unspecified atom stereocenters. The minimum atomic E-state index is -4.23. The molecule has 0 aromatic carbocycles. The molecule has 1 aliphatic heterocycles. The third-order valence-electron chi connectivity index (χ3n) is 3.10. The lowest BCUT2D eigenvalue weighted by Gasteiger charge is -2.20. The van der Waals surface area contributed by atoms with Crippen LogP contribution in [0.15, 0.2) is 29.5 Å². The first kappa shape index (κ1) is 19.3. The van der Waals surface area contributed by atoms with Gasteiger partial charge in [0.1, 0.15) is 4.91 Å². The zero-order valence-electron chi connectivity index (χ0n) is 14.2. The van der Waals surface area contributed by atoms with Crippen molar-refractivity contribution < 1.29 is 27.4 Å². The van der Waals surface area contributed by atoms with Crippen LogP contribution < -0.4 is 24.8 Å². The highest BCUT2D eigenvalue weighted by atomic mass is 32.2. The lowest BCUT2D eigenvalue weighted by molar-refractivity contribution is 0.156. The summed E-state index contributed by atoms with van der Waals surface area (Å²) in [6.45, 7) is 4.36. The first-order chi connectivity index (χ1) is 12.4. The number of sulfonamides is 1. The third kappa shape index (κ3) is 4.75. The van der Waals surface area contributed by atoms with Crippen LogP contribution in [0.3, 0.4) is 0 Å². The van der Waals surface area contributed by atoms with Crippen LogP contribution >= 0.6 is 0 Å². The molecule has 0 radical (unpaired) electrons. The van der Waals surface area contributed by atoms with E-state index >= 15 is 0 Å². The molecule has 12 heteroatoms. The molecule has 0 atom stereocenters. The number of anilines is 1. The topological polar surface area (TPSA) is 141 Å². The maximum absolute atomic E-state index is 12.4. The predicted molar refractivity (Wildman–Crippen MR) is 92.0 cm³/mol. The second-order valence-corrected chi connectivity index (χ2v) is 6.51. The molecule has 2 heterocycles. The molecule has 1 saturated heterocycles. The Bertz CT molecular complexity index is 793. The highest BCUT2D eigenvalue weighted by Crippen LogP contribution is 2.18. The first-order valence-corrected chi connectivity index (χ1v) is 8.92. The van der Waals surface area contributed by atoms with Gasteiger partial charge < -0.3 is 19.5 Å². The number of carbonyl (C=O) groups excluding carboxylic acids is 1. The van der Waals surface area contributed by atoms with Crippen molar-refractivity contribution in [3.8, 4) is 11.8 Å². The average molecular weight is 385 g/mol. The molecule has 1 aromatic rings. The van der Waals surface area contributed by atoms with Gasteiger partial charge >= 0.3 is 6.03 Å². The summed E-state index contributed by atoms with van der Waals surface area (Å²) in [6, 6.07) is 0.322. The van der Waals surface area contributed by atoms with E-state index in [0.29, 0.717) is 13.2 Å². The maximum Gasteiger partial charge on any atom is 0.335 e. The van der Waals surface area contributed by atoms with Gasteiger partial charge in [-0.05, 0) is 12.5 Å². The number of carbonyl (C=O) groups is 1. The number of nitrogens with one attached hydrogen (secondary N) is 3. The monoisotopic (exact) mass is 385 g/mol.